The maximum absolute atomic E-state index is 13.6. The lowest BCUT2D eigenvalue weighted by molar-refractivity contribution is -0.384. The molecule has 1 fully saturated rings. The highest BCUT2D eigenvalue weighted by Gasteiger charge is 2.21. The molecular weight excluding hydrogens is 243 g/mol. The van der Waals surface area contributed by atoms with Gasteiger partial charge in [0.1, 0.15) is 5.69 Å². The Labute approximate surface area is 103 Å². The molecule has 2 rings (SSSR count). The zero-order valence-corrected chi connectivity index (χ0v) is 10.0. The standard InChI is InChI=1S/C11H13FN2O2S/c12-9-2-1-3-10(14(15)16)11(9)13-8-4-6-17-7-5-8/h1-3,8,13H,4-7H2. The van der Waals surface area contributed by atoms with E-state index < -0.39 is 10.7 Å². The van der Waals surface area contributed by atoms with Crippen LogP contribution >= 0.6 is 11.8 Å². The van der Waals surface area contributed by atoms with Crippen molar-refractivity contribution in [3.05, 3.63) is 34.1 Å². The fraction of sp³-hybridized carbons (Fsp3) is 0.455. The molecule has 1 aliphatic rings. The Balaban J connectivity index is 2.21. The molecule has 1 saturated heterocycles. The third-order valence-electron chi connectivity index (χ3n) is 2.76. The van der Waals surface area contributed by atoms with Crippen molar-refractivity contribution in [3.63, 3.8) is 0 Å². The number of nitro benzene ring substituents is 1. The van der Waals surface area contributed by atoms with E-state index in [1.807, 2.05) is 11.8 Å². The van der Waals surface area contributed by atoms with Crippen LogP contribution in [0.15, 0.2) is 18.2 Å². The minimum absolute atomic E-state index is 0.0226. The highest BCUT2D eigenvalue weighted by atomic mass is 32.2. The number of hydrogen-bond acceptors (Lipinski definition) is 4. The number of nitrogens with one attached hydrogen (secondary N) is 1. The average molecular weight is 256 g/mol. The molecule has 1 aromatic rings. The second kappa shape index (κ2) is 5.35. The first-order valence-corrected chi connectivity index (χ1v) is 6.61. The quantitative estimate of drug-likeness (QED) is 0.667. The van der Waals surface area contributed by atoms with Crippen molar-refractivity contribution in [1.29, 1.82) is 0 Å². The number of halogens is 1. The topological polar surface area (TPSA) is 55.2 Å². The van der Waals surface area contributed by atoms with E-state index in [2.05, 4.69) is 5.32 Å². The number of nitro groups is 1. The first kappa shape index (κ1) is 12.2. The molecule has 0 radical (unpaired) electrons. The van der Waals surface area contributed by atoms with E-state index in [4.69, 9.17) is 0 Å². The highest BCUT2D eigenvalue weighted by Crippen LogP contribution is 2.30. The van der Waals surface area contributed by atoms with Gasteiger partial charge in [0.25, 0.3) is 5.69 Å². The van der Waals surface area contributed by atoms with Crippen molar-refractivity contribution in [1.82, 2.24) is 0 Å². The van der Waals surface area contributed by atoms with Gasteiger partial charge >= 0.3 is 0 Å². The predicted molar refractivity (Wildman–Crippen MR) is 67.0 cm³/mol. The van der Waals surface area contributed by atoms with Crippen molar-refractivity contribution < 1.29 is 9.31 Å². The molecule has 0 amide bonds. The van der Waals surface area contributed by atoms with Crippen LogP contribution in [0.5, 0.6) is 0 Å². The van der Waals surface area contributed by atoms with Crippen molar-refractivity contribution >= 4 is 23.1 Å². The van der Waals surface area contributed by atoms with Gasteiger partial charge in [0.05, 0.1) is 4.92 Å². The first-order valence-electron chi connectivity index (χ1n) is 5.45. The molecule has 1 heterocycles. The molecule has 92 valence electrons. The third kappa shape index (κ3) is 2.88. The minimum Gasteiger partial charge on any atom is -0.374 e. The number of rotatable bonds is 3. The summed E-state index contributed by atoms with van der Waals surface area (Å²) in [6.07, 6.45) is 1.83. The van der Waals surface area contributed by atoms with E-state index in [-0.39, 0.29) is 17.4 Å². The molecule has 17 heavy (non-hydrogen) atoms. The van der Waals surface area contributed by atoms with Gasteiger partial charge in [0.2, 0.25) is 0 Å². The Kier molecular flexibility index (Phi) is 3.83. The SMILES string of the molecule is O=[N+]([O-])c1cccc(F)c1NC1CCSCC1. The number of para-hydroxylation sites is 1. The summed E-state index contributed by atoms with van der Waals surface area (Å²) < 4.78 is 13.6. The van der Waals surface area contributed by atoms with Crippen LogP contribution in [0.4, 0.5) is 15.8 Å². The Hall–Kier alpha value is -1.30. The number of hydrogen-bond donors (Lipinski definition) is 1. The van der Waals surface area contributed by atoms with Gasteiger partial charge in [-0.05, 0) is 30.4 Å². The second-order valence-electron chi connectivity index (χ2n) is 3.92. The molecular formula is C11H13FN2O2S. The fourth-order valence-corrected chi connectivity index (χ4v) is 2.96. The Morgan fingerprint density at radius 3 is 2.76 bits per heavy atom. The molecule has 0 atom stereocenters. The predicted octanol–water partition coefficient (Wildman–Crippen LogP) is 3.04. The van der Waals surface area contributed by atoms with Crippen LogP contribution in [0.3, 0.4) is 0 Å². The van der Waals surface area contributed by atoms with Crippen molar-refractivity contribution in [2.45, 2.75) is 18.9 Å². The fourth-order valence-electron chi connectivity index (χ4n) is 1.85. The molecule has 1 aromatic carbocycles. The minimum atomic E-state index is -0.558. The summed E-state index contributed by atoms with van der Waals surface area (Å²) in [5.74, 6) is 1.47. The summed E-state index contributed by atoms with van der Waals surface area (Å²) in [7, 11) is 0. The molecule has 0 spiro atoms. The summed E-state index contributed by atoms with van der Waals surface area (Å²) in [6, 6.07) is 4.05. The Morgan fingerprint density at radius 1 is 1.41 bits per heavy atom. The molecule has 0 saturated carbocycles. The zero-order valence-electron chi connectivity index (χ0n) is 9.19. The lowest BCUT2D eigenvalue weighted by Gasteiger charge is -2.23. The van der Waals surface area contributed by atoms with Crippen LogP contribution in [-0.4, -0.2) is 22.5 Å². The lowest BCUT2D eigenvalue weighted by atomic mass is 10.1. The van der Waals surface area contributed by atoms with Crippen molar-refractivity contribution in [3.8, 4) is 0 Å². The van der Waals surface area contributed by atoms with Gasteiger partial charge in [-0.2, -0.15) is 11.8 Å². The second-order valence-corrected chi connectivity index (χ2v) is 5.15. The zero-order chi connectivity index (χ0) is 12.3. The van der Waals surface area contributed by atoms with Crippen LogP contribution in [-0.2, 0) is 0 Å². The van der Waals surface area contributed by atoms with E-state index in [0.29, 0.717) is 0 Å². The summed E-state index contributed by atoms with van der Waals surface area (Å²) in [5.41, 5.74) is -0.169. The van der Waals surface area contributed by atoms with Crippen LogP contribution in [0.1, 0.15) is 12.8 Å². The normalized spacial score (nSPS) is 16.8. The van der Waals surface area contributed by atoms with E-state index in [0.717, 1.165) is 24.3 Å². The van der Waals surface area contributed by atoms with E-state index in [1.165, 1.54) is 18.2 Å². The molecule has 0 unspecified atom stereocenters. The lowest BCUT2D eigenvalue weighted by Crippen LogP contribution is -2.25. The first-order chi connectivity index (χ1) is 8.18. The molecule has 0 aromatic heterocycles. The maximum Gasteiger partial charge on any atom is 0.295 e. The smallest absolute Gasteiger partial charge is 0.295 e. The molecule has 1 aliphatic heterocycles. The van der Waals surface area contributed by atoms with Crippen LogP contribution in [0.2, 0.25) is 0 Å². The Morgan fingerprint density at radius 2 is 2.12 bits per heavy atom. The molecule has 6 heteroatoms. The van der Waals surface area contributed by atoms with E-state index in [1.54, 1.807) is 0 Å². The maximum atomic E-state index is 13.6. The highest BCUT2D eigenvalue weighted by molar-refractivity contribution is 7.99. The largest absolute Gasteiger partial charge is 0.374 e. The third-order valence-corrected chi connectivity index (χ3v) is 3.81. The van der Waals surface area contributed by atoms with Gasteiger partial charge in [0.15, 0.2) is 5.82 Å². The van der Waals surface area contributed by atoms with Gasteiger partial charge < -0.3 is 5.32 Å². The van der Waals surface area contributed by atoms with E-state index >= 15 is 0 Å². The molecule has 1 N–H and O–H groups in total. The summed E-state index contributed by atoms with van der Waals surface area (Å²) >= 11 is 1.86. The average Bonchev–Trinajstić information content (AvgIpc) is 2.33. The molecule has 0 aliphatic carbocycles. The summed E-state index contributed by atoms with van der Waals surface area (Å²) in [5, 5.41) is 13.8. The van der Waals surface area contributed by atoms with Gasteiger partial charge in [0, 0.05) is 12.1 Å². The monoisotopic (exact) mass is 256 g/mol. The number of anilines is 1. The van der Waals surface area contributed by atoms with Crippen molar-refractivity contribution in [2.75, 3.05) is 16.8 Å². The molecule has 4 nitrogen and oxygen atoms in total. The van der Waals surface area contributed by atoms with E-state index in [9.17, 15) is 14.5 Å². The van der Waals surface area contributed by atoms with Gasteiger partial charge in [-0.25, -0.2) is 4.39 Å². The number of thioether (sulfide) groups is 1. The number of nitrogens with zero attached hydrogens (tertiary/aromatic N) is 1. The van der Waals surface area contributed by atoms with Gasteiger partial charge in [-0.15, -0.1) is 0 Å². The number of benzene rings is 1. The molecule has 0 bridgehead atoms. The summed E-state index contributed by atoms with van der Waals surface area (Å²) in [4.78, 5) is 10.3. The van der Waals surface area contributed by atoms with Crippen LogP contribution in [0.25, 0.3) is 0 Å². The van der Waals surface area contributed by atoms with Crippen LogP contribution in [0, 0.1) is 15.9 Å². The summed E-state index contributed by atoms with van der Waals surface area (Å²) in [6.45, 7) is 0. The van der Waals surface area contributed by atoms with Gasteiger partial charge in [-0.3, -0.25) is 10.1 Å². The Bertz CT molecular complexity index is 422. The van der Waals surface area contributed by atoms with Gasteiger partial charge in [-0.1, -0.05) is 6.07 Å². The van der Waals surface area contributed by atoms with Crippen LogP contribution < -0.4 is 5.32 Å². The van der Waals surface area contributed by atoms with Crippen molar-refractivity contribution in [2.24, 2.45) is 0 Å².